The van der Waals surface area contributed by atoms with Crippen molar-refractivity contribution in [3.8, 4) is 11.4 Å². The second kappa shape index (κ2) is 7.15. The summed E-state index contributed by atoms with van der Waals surface area (Å²) in [6.45, 7) is 2.06. The van der Waals surface area contributed by atoms with Crippen molar-refractivity contribution in [2.24, 2.45) is 5.73 Å². The van der Waals surface area contributed by atoms with Gasteiger partial charge in [-0.3, -0.25) is 4.79 Å². The molecule has 0 saturated heterocycles. The van der Waals surface area contributed by atoms with E-state index in [1.807, 2.05) is 18.2 Å². The largest absolute Gasteiger partial charge is 0.351 e. The summed E-state index contributed by atoms with van der Waals surface area (Å²) in [7, 11) is 0. The number of carbonyl (C=O) groups is 2. The fourth-order valence-electron chi connectivity index (χ4n) is 3.41. The van der Waals surface area contributed by atoms with Crippen LogP contribution in [0.25, 0.3) is 11.4 Å². The first kappa shape index (κ1) is 17.7. The zero-order chi connectivity index (χ0) is 19.7. The molecule has 0 bridgehead atoms. The Morgan fingerprint density at radius 2 is 1.86 bits per heavy atom. The van der Waals surface area contributed by atoms with Gasteiger partial charge in [0.25, 0.3) is 0 Å². The van der Waals surface area contributed by atoms with Gasteiger partial charge in [-0.1, -0.05) is 29.4 Å². The molecule has 3 N–H and O–H groups in total. The molecule has 1 aromatic heterocycles. The van der Waals surface area contributed by atoms with E-state index in [4.69, 9.17) is 10.3 Å². The number of amides is 3. The van der Waals surface area contributed by atoms with E-state index in [1.54, 1.807) is 36.1 Å². The topological polar surface area (TPSA) is 114 Å². The second-order valence-corrected chi connectivity index (χ2v) is 6.66. The van der Waals surface area contributed by atoms with Gasteiger partial charge in [0.15, 0.2) is 0 Å². The second-order valence-electron chi connectivity index (χ2n) is 6.66. The Balaban J connectivity index is 1.61. The quantitative estimate of drug-likeness (QED) is 0.728. The summed E-state index contributed by atoms with van der Waals surface area (Å²) in [4.78, 5) is 29.4. The zero-order valence-corrected chi connectivity index (χ0v) is 15.3. The van der Waals surface area contributed by atoms with Crippen LogP contribution in [0.15, 0.2) is 53.1 Å². The lowest BCUT2D eigenvalue weighted by Gasteiger charge is -2.34. The zero-order valence-electron chi connectivity index (χ0n) is 15.3. The Bertz CT molecular complexity index is 1030. The molecule has 1 unspecified atom stereocenters. The van der Waals surface area contributed by atoms with Crippen molar-refractivity contribution in [2.75, 3.05) is 5.32 Å². The van der Waals surface area contributed by atoms with Crippen LogP contribution in [0.2, 0.25) is 0 Å². The van der Waals surface area contributed by atoms with Crippen LogP contribution in [0.1, 0.15) is 30.0 Å². The predicted octanol–water partition coefficient (Wildman–Crippen LogP) is 2.87. The number of hydrogen-bond donors (Lipinski definition) is 2. The fraction of sp³-hybridized carbons (Fsp3) is 0.200. The maximum Gasteiger partial charge on any atom is 0.316 e. The summed E-state index contributed by atoms with van der Waals surface area (Å²) in [5.41, 5.74) is 8.72. The van der Waals surface area contributed by atoms with Crippen LogP contribution >= 0.6 is 0 Å². The van der Waals surface area contributed by atoms with Crippen molar-refractivity contribution in [3.63, 3.8) is 0 Å². The van der Waals surface area contributed by atoms with Crippen molar-refractivity contribution >= 4 is 17.6 Å². The number of primary amides is 1. The monoisotopic (exact) mass is 377 g/mol. The highest BCUT2D eigenvalue weighted by molar-refractivity contribution is 5.88. The Morgan fingerprint density at radius 1 is 1.14 bits per heavy atom. The summed E-state index contributed by atoms with van der Waals surface area (Å²) >= 11 is 0. The maximum absolute atomic E-state index is 12.2. The summed E-state index contributed by atoms with van der Waals surface area (Å²) in [5, 5.41) is 6.56. The highest BCUT2D eigenvalue weighted by Gasteiger charge is 2.33. The van der Waals surface area contributed by atoms with Gasteiger partial charge >= 0.3 is 6.03 Å². The van der Waals surface area contributed by atoms with E-state index in [0.717, 1.165) is 11.1 Å². The van der Waals surface area contributed by atoms with Crippen molar-refractivity contribution in [3.05, 3.63) is 65.5 Å². The third-order valence-corrected chi connectivity index (χ3v) is 4.79. The molecule has 28 heavy (non-hydrogen) atoms. The molecule has 0 saturated carbocycles. The average molecular weight is 377 g/mol. The van der Waals surface area contributed by atoms with E-state index in [0.29, 0.717) is 30.4 Å². The van der Waals surface area contributed by atoms with Crippen LogP contribution in [0, 0.1) is 0 Å². The SMILES string of the molecule is CC(=O)N1Cc2ccccc2CC1c1nc(-c2ccc(NC(N)=O)cc2)no1. The first-order valence-corrected chi connectivity index (χ1v) is 8.86. The summed E-state index contributed by atoms with van der Waals surface area (Å²) in [6.07, 6.45) is 0.624. The predicted molar refractivity (Wildman–Crippen MR) is 102 cm³/mol. The van der Waals surface area contributed by atoms with Crippen molar-refractivity contribution in [1.82, 2.24) is 15.0 Å². The number of hydrogen-bond acceptors (Lipinski definition) is 5. The molecule has 8 nitrogen and oxygen atoms in total. The highest BCUT2D eigenvalue weighted by atomic mass is 16.5. The minimum atomic E-state index is -0.628. The molecular weight excluding hydrogens is 358 g/mol. The third kappa shape index (κ3) is 3.44. The van der Waals surface area contributed by atoms with Crippen LogP contribution < -0.4 is 11.1 Å². The Morgan fingerprint density at radius 3 is 2.54 bits per heavy atom. The summed E-state index contributed by atoms with van der Waals surface area (Å²) in [6, 6.07) is 14.0. The molecule has 3 amide bonds. The van der Waals surface area contributed by atoms with Gasteiger partial charge in [-0.2, -0.15) is 4.98 Å². The van der Waals surface area contributed by atoms with Crippen LogP contribution in [-0.4, -0.2) is 27.0 Å². The maximum atomic E-state index is 12.2. The van der Waals surface area contributed by atoms with Gasteiger partial charge in [0, 0.05) is 31.1 Å². The molecule has 1 aliphatic heterocycles. The lowest BCUT2D eigenvalue weighted by Crippen LogP contribution is -2.37. The van der Waals surface area contributed by atoms with E-state index in [1.165, 1.54) is 5.56 Å². The van der Waals surface area contributed by atoms with Crippen molar-refractivity contribution in [1.29, 1.82) is 0 Å². The highest BCUT2D eigenvalue weighted by Crippen LogP contribution is 2.33. The minimum Gasteiger partial charge on any atom is -0.351 e. The van der Waals surface area contributed by atoms with Gasteiger partial charge in [-0.05, 0) is 35.4 Å². The Labute approximate surface area is 161 Å². The van der Waals surface area contributed by atoms with E-state index in [9.17, 15) is 9.59 Å². The van der Waals surface area contributed by atoms with Gasteiger partial charge < -0.3 is 20.5 Å². The smallest absolute Gasteiger partial charge is 0.316 e. The van der Waals surface area contributed by atoms with E-state index >= 15 is 0 Å². The van der Waals surface area contributed by atoms with E-state index in [2.05, 4.69) is 21.5 Å². The summed E-state index contributed by atoms with van der Waals surface area (Å²) in [5.74, 6) is 0.781. The average Bonchev–Trinajstić information content (AvgIpc) is 3.17. The first-order valence-electron chi connectivity index (χ1n) is 8.86. The van der Waals surface area contributed by atoms with E-state index < -0.39 is 6.03 Å². The van der Waals surface area contributed by atoms with Crippen LogP contribution in [0.5, 0.6) is 0 Å². The number of rotatable bonds is 3. The molecule has 2 heterocycles. The number of nitrogens with one attached hydrogen (secondary N) is 1. The number of aromatic nitrogens is 2. The van der Waals surface area contributed by atoms with Crippen LogP contribution in [0.3, 0.4) is 0 Å². The summed E-state index contributed by atoms with van der Waals surface area (Å²) < 4.78 is 5.50. The number of urea groups is 1. The lowest BCUT2D eigenvalue weighted by molar-refractivity contribution is -0.133. The first-order chi connectivity index (χ1) is 13.5. The molecule has 0 spiro atoms. The molecule has 8 heteroatoms. The third-order valence-electron chi connectivity index (χ3n) is 4.79. The van der Waals surface area contributed by atoms with Gasteiger partial charge in [-0.25, -0.2) is 4.79 Å². The van der Waals surface area contributed by atoms with E-state index in [-0.39, 0.29) is 11.9 Å². The van der Waals surface area contributed by atoms with Crippen LogP contribution in [0.4, 0.5) is 10.5 Å². The standard InChI is InChI=1S/C20H19N5O3/c1-12(26)25-11-15-5-3-2-4-14(15)10-17(25)19-23-18(24-28-19)13-6-8-16(9-7-13)22-20(21)27/h2-9,17H,10-11H2,1H3,(H3,21,22,27). The van der Waals surface area contributed by atoms with Gasteiger partial charge in [-0.15, -0.1) is 0 Å². The molecular formula is C20H19N5O3. The molecule has 2 aromatic carbocycles. The van der Waals surface area contributed by atoms with Gasteiger partial charge in [0.1, 0.15) is 6.04 Å². The number of nitrogens with zero attached hydrogens (tertiary/aromatic N) is 3. The minimum absolute atomic E-state index is 0.0406. The normalized spacial score (nSPS) is 15.8. The lowest BCUT2D eigenvalue weighted by atomic mass is 9.94. The van der Waals surface area contributed by atoms with Crippen LogP contribution in [-0.2, 0) is 17.8 Å². The Hall–Kier alpha value is -3.68. The molecule has 3 aromatic rings. The number of fused-ring (bicyclic) bond motifs is 1. The molecule has 142 valence electrons. The molecule has 0 radical (unpaired) electrons. The van der Waals surface area contributed by atoms with Crippen molar-refractivity contribution < 1.29 is 14.1 Å². The van der Waals surface area contributed by atoms with Gasteiger partial charge in [0.05, 0.1) is 0 Å². The number of anilines is 1. The molecule has 0 fully saturated rings. The Kier molecular flexibility index (Phi) is 4.52. The molecule has 1 aliphatic rings. The van der Waals surface area contributed by atoms with Gasteiger partial charge in [0.2, 0.25) is 17.6 Å². The number of benzene rings is 2. The molecule has 1 atom stereocenters. The van der Waals surface area contributed by atoms with Crippen molar-refractivity contribution in [2.45, 2.75) is 25.9 Å². The fourth-order valence-corrected chi connectivity index (χ4v) is 3.41. The number of carbonyl (C=O) groups excluding carboxylic acids is 2. The molecule has 0 aliphatic carbocycles. The molecule has 4 rings (SSSR count). The number of nitrogens with two attached hydrogens (primary N) is 1.